The first-order valence-electron chi connectivity index (χ1n) is 8.09. The molecule has 0 aliphatic carbocycles. The van der Waals surface area contributed by atoms with Gasteiger partial charge in [0.1, 0.15) is 0 Å². The first kappa shape index (κ1) is 16.8. The van der Waals surface area contributed by atoms with E-state index in [-0.39, 0.29) is 11.7 Å². The number of hydrogen-bond acceptors (Lipinski definition) is 4. The Bertz CT molecular complexity index is 735. The zero-order chi connectivity index (χ0) is 17.6. The second-order valence-corrected chi connectivity index (χ2v) is 5.73. The van der Waals surface area contributed by atoms with Crippen LogP contribution in [0, 0.1) is 0 Å². The number of piperazine rings is 1. The van der Waals surface area contributed by atoms with E-state index in [9.17, 15) is 14.4 Å². The van der Waals surface area contributed by atoms with E-state index < -0.39 is 11.8 Å². The third-order valence-electron chi connectivity index (χ3n) is 4.08. The van der Waals surface area contributed by atoms with Crippen molar-refractivity contribution < 1.29 is 18.8 Å². The van der Waals surface area contributed by atoms with E-state index >= 15 is 0 Å². The average Bonchev–Trinajstić information content (AvgIpc) is 3.20. The Morgan fingerprint density at radius 1 is 0.920 bits per heavy atom. The average molecular weight is 341 g/mol. The summed E-state index contributed by atoms with van der Waals surface area (Å²) >= 11 is 0. The van der Waals surface area contributed by atoms with Crippen LogP contribution in [-0.4, -0.2) is 53.7 Å². The molecule has 0 saturated carbocycles. The van der Waals surface area contributed by atoms with E-state index in [1.807, 2.05) is 30.3 Å². The Kier molecular flexibility index (Phi) is 5.13. The highest BCUT2D eigenvalue weighted by Crippen LogP contribution is 2.09. The maximum absolute atomic E-state index is 12.2. The fourth-order valence-corrected chi connectivity index (χ4v) is 2.67. The molecule has 3 amide bonds. The van der Waals surface area contributed by atoms with Gasteiger partial charge < -0.3 is 19.5 Å². The lowest BCUT2D eigenvalue weighted by molar-refractivity contribution is -0.146. The van der Waals surface area contributed by atoms with Crippen molar-refractivity contribution in [1.82, 2.24) is 15.1 Å². The summed E-state index contributed by atoms with van der Waals surface area (Å²) in [4.78, 5) is 39.5. The van der Waals surface area contributed by atoms with Crippen LogP contribution in [0.1, 0.15) is 16.1 Å². The summed E-state index contributed by atoms with van der Waals surface area (Å²) in [7, 11) is 0. The quantitative estimate of drug-likeness (QED) is 0.840. The number of benzene rings is 1. The Hall–Kier alpha value is -3.09. The standard InChI is InChI=1S/C18H19N3O4/c22-16(19-13-14-5-2-1-3-6-14)18(24)21-10-8-20(9-11-21)17(23)15-7-4-12-25-15/h1-7,12H,8-11,13H2,(H,19,22). The van der Waals surface area contributed by atoms with Gasteiger partial charge in [0.25, 0.3) is 5.91 Å². The van der Waals surface area contributed by atoms with Crippen LogP contribution in [0.2, 0.25) is 0 Å². The monoisotopic (exact) mass is 341 g/mol. The molecule has 1 aliphatic heterocycles. The van der Waals surface area contributed by atoms with Crippen molar-refractivity contribution in [1.29, 1.82) is 0 Å². The first-order valence-corrected chi connectivity index (χ1v) is 8.09. The minimum atomic E-state index is -0.630. The Balaban J connectivity index is 1.48. The second kappa shape index (κ2) is 7.65. The highest BCUT2D eigenvalue weighted by atomic mass is 16.3. The molecular formula is C18H19N3O4. The molecule has 7 nitrogen and oxygen atoms in total. The van der Waals surface area contributed by atoms with Crippen LogP contribution in [0.3, 0.4) is 0 Å². The number of amides is 3. The van der Waals surface area contributed by atoms with Crippen LogP contribution in [0.4, 0.5) is 0 Å². The number of carbonyl (C=O) groups excluding carboxylic acids is 3. The summed E-state index contributed by atoms with van der Waals surface area (Å²) in [5.41, 5.74) is 0.928. The topological polar surface area (TPSA) is 82.9 Å². The summed E-state index contributed by atoms with van der Waals surface area (Å²) in [5, 5.41) is 2.63. The smallest absolute Gasteiger partial charge is 0.312 e. The fraction of sp³-hybridized carbons (Fsp3) is 0.278. The van der Waals surface area contributed by atoms with E-state index in [2.05, 4.69) is 5.32 Å². The molecule has 0 radical (unpaired) electrons. The highest BCUT2D eigenvalue weighted by Gasteiger charge is 2.28. The van der Waals surface area contributed by atoms with Gasteiger partial charge in [-0.3, -0.25) is 14.4 Å². The third kappa shape index (κ3) is 4.06. The number of furan rings is 1. The van der Waals surface area contributed by atoms with E-state index in [1.54, 1.807) is 17.0 Å². The third-order valence-corrected chi connectivity index (χ3v) is 4.08. The molecule has 1 saturated heterocycles. The van der Waals surface area contributed by atoms with Gasteiger partial charge >= 0.3 is 11.8 Å². The van der Waals surface area contributed by atoms with E-state index in [4.69, 9.17) is 4.42 Å². The minimum absolute atomic E-state index is 0.203. The van der Waals surface area contributed by atoms with Crippen molar-refractivity contribution in [3.05, 3.63) is 60.1 Å². The number of nitrogens with zero attached hydrogens (tertiary/aromatic N) is 2. The summed E-state index contributed by atoms with van der Waals surface area (Å²) in [6.07, 6.45) is 1.45. The van der Waals surface area contributed by atoms with E-state index in [1.165, 1.54) is 11.2 Å². The van der Waals surface area contributed by atoms with Gasteiger partial charge in [-0.1, -0.05) is 30.3 Å². The largest absolute Gasteiger partial charge is 0.459 e. The molecule has 0 spiro atoms. The number of rotatable bonds is 3. The Morgan fingerprint density at radius 2 is 1.60 bits per heavy atom. The van der Waals surface area contributed by atoms with Crippen LogP contribution < -0.4 is 5.32 Å². The van der Waals surface area contributed by atoms with Gasteiger partial charge in [-0.15, -0.1) is 0 Å². The first-order chi connectivity index (χ1) is 12.1. The minimum Gasteiger partial charge on any atom is -0.459 e. The van der Waals surface area contributed by atoms with Crippen molar-refractivity contribution in [2.45, 2.75) is 6.54 Å². The van der Waals surface area contributed by atoms with Crippen molar-refractivity contribution >= 4 is 17.7 Å². The van der Waals surface area contributed by atoms with E-state index in [0.717, 1.165) is 5.56 Å². The van der Waals surface area contributed by atoms with Crippen LogP contribution in [-0.2, 0) is 16.1 Å². The molecule has 0 unspecified atom stereocenters. The summed E-state index contributed by atoms with van der Waals surface area (Å²) in [6, 6.07) is 12.7. The molecule has 2 aromatic rings. The molecule has 1 fully saturated rings. The van der Waals surface area contributed by atoms with Crippen LogP contribution in [0.25, 0.3) is 0 Å². The molecule has 25 heavy (non-hydrogen) atoms. The molecule has 0 atom stereocenters. The van der Waals surface area contributed by atoms with Gasteiger partial charge in [0, 0.05) is 32.7 Å². The van der Waals surface area contributed by atoms with Crippen molar-refractivity contribution in [3.8, 4) is 0 Å². The van der Waals surface area contributed by atoms with Crippen molar-refractivity contribution in [3.63, 3.8) is 0 Å². The van der Waals surface area contributed by atoms with Gasteiger partial charge in [0.2, 0.25) is 0 Å². The highest BCUT2D eigenvalue weighted by molar-refractivity contribution is 6.35. The lowest BCUT2D eigenvalue weighted by Gasteiger charge is -2.33. The predicted octanol–water partition coefficient (Wildman–Crippen LogP) is 0.880. The second-order valence-electron chi connectivity index (χ2n) is 5.73. The molecule has 1 aromatic carbocycles. The van der Waals surface area contributed by atoms with Gasteiger partial charge in [-0.05, 0) is 17.7 Å². The van der Waals surface area contributed by atoms with Crippen LogP contribution in [0.5, 0.6) is 0 Å². The Morgan fingerprint density at radius 3 is 2.24 bits per heavy atom. The lowest BCUT2D eigenvalue weighted by atomic mass is 10.2. The summed E-state index contributed by atoms with van der Waals surface area (Å²) in [5.74, 6) is -1.12. The molecule has 1 aliphatic rings. The molecule has 3 rings (SSSR count). The van der Waals surface area contributed by atoms with Crippen LogP contribution in [0.15, 0.2) is 53.1 Å². The molecule has 0 bridgehead atoms. The Labute approximate surface area is 145 Å². The van der Waals surface area contributed by atoms with E-state index in [0.29, 0.717) is 32.7 Å². The van der Waals surface area contributed by atoms with Crippen LogP contribution >= 0.6 is 0 Å². The van der Waals surface area contributed by atoms with Gasteiger partial charge in [0.15, 0.2) is 5.76 Å². The molecule has 1 aromatic heterocycles. The van der Waals surface area contributed by atoms with Gasteiger partial charge in [-0.25, -0.2) is 0 Å². The van der Waals surface area contributed by atoms with Crippen molar-refractivity contribution in [2.75, 3.05) is 26.2 Å². The zero-order valence-electron chi connectivity index (χ0n) is 13.7. The molecule has 2 heterocycles. The molecule has 130 valence electrons. The number of carbonyl (C=O) groups is 3. The van der Waals surface area contributed by atoms with Crippen molar-refractivity contribution in [2.24, 2.45) is 0 Å². The maximum atomic E-state index is 12.2. The van der Waals surface area contributed by atoms with Gasteiger partial charge in [0.05, 0.1) is 6.26 Å². The molecule has 1 N–H and O–H groups in total. The van der Waals surface area contributed by atoms with Gasteiger partial charge in [-0.2, -0.15) is 0 Å². The summed E-state index contributed by atoms with van der Waals surface area (Å²) in [6.45, 7) is 1.70. The molecule has 7 heteroatoms. The predicted molar refractivity (Wildman–Crippen MR) is 89.5 cm³/mol. The maximum Gasteiger partial charge on any atom is 0.312 e. The SMILES string of the molecule is O=C(NCc1ccccc1)C(=O)N1CCN(C(=O)c2ccco2)CC1. The molecular weight excluding hydrogens is 322 g/mol. The normalized spacial score (nSPS) is 14.2. The summed E-state index contributed by atoms with van der Waals surface area (Å²) < 4.78 is 5.10. The number of nitrogens with one attached hydrogen (secondary N) is 1. The number of hydrogen-bond donors (Lipinski definition) is 1. The zero-order valence-corrected chi connectivity index (χ0v) is 13.7. The fourth-order valence-electron chi connectivity index (χ4n) is 2.67. The lowest BCUT2D eigenvalue weighted by Crippen LogP contribution is -2.53.